The van der Waals surface area contributed by atoms with Crippen molar-refractivity contribution < 1.29 is 4.74 Å². The topological polar surface area (TPSA) is 72.5 Å². The van der Waals surface area contributed by atoms with E-state index >= 15 is 0 Å². The van der Waals surface area contributed by atoms with E-state index in [-0.39, 0.29) is 6.04 Å². The molecule has 0 atom stereocenters. The number of nitrogens with zero attached hydrogens (tertiary/aromatic N) is 2. The fourth-order valence-electron chi connectivity index (χ4n) is 2.48. The highest BCUT2D eigenvalue weighted by molar-refractivity contribution is 5.78. The van der Waals surface area contributed by atoms with Gasteiger partial charge in [-0.05, 0) is 51.2 Å². The van der Waals surface area contributed by atoms with Crippen molar-refractivity contribution in [2.24, 2.45) is 10.7 Å². The molecule has 0 spiro atoms. The SMILES string of the molecule is CC(C)NC(N)=NCc1ccnc(OC2CCCCC2)c1. The molecule has 1 aliphatic rings. The molecule has 0 unspecified atom stereocenters. The van der Waals surface area contributed by atoms with Crippen molar-refractivity contribution in [1.29, 1.82) is 0 Å². The van der Waals surface area contributed by atoms with Crippen molar-refractivity contribution in [2.45, 2.75) is 64.6 Å². The summed E-state index contributed by atoms with van der Waals surface area (Å²) in [5, 5.41) is 3.07. The fraction of sp³-hybridized carbons (Fsp3) is 0.625. The molecule has 1 aromatic rings. The number of guanidine groups is 1. The van der Waals surface area contributed by atoms with Gasteiger partial charge in [-0.15, -0.1) is 0 Å². The minimum atomic E-state index is 0.288. The van der Waals surface area contributed by atoms with Crippen LogP contribution in [0.5, 0.6) is 5.88 Å². The molecule has 1 heterocycles. The molecular weight excluding hydrogens is 264 g/mol. The third kappa shape index (κ3) is 5.61. The Hall–Kier alpha value is -1.78. The lowest BCUT2D eigenvalue weighted by atomic mass is 9.98. The normalized spacial score (nSPS) is 17.0. The molecule has 0 aliphatic heterocycles. The maximum absolute atomic E-state index is 5.96. The summed E-state index contributed by atoms with van der Waals surface area (Å²) < 4.78 is 5.96. The van der Waals surface area contributed by atoms with Gasteiger partial charge >= 0.3 is 0 Å². The highest BCUT2D eigenvalue weighted by atomic mass is 16.5. The molecule has 0 bridgehead atoms. The van der Waals surface area contributed by atoms with Gasteiger partial charge in [-0.1, -0.05) is 6.42 Å². The van der Waals surface area contributed by atoms with Gasteiger partial charge in [-0.3, -0.25) is 0 Å². The molecule has 5 heteroatoms. The van der Waals surface area contributed by atoms with Crippen molar-refractivity contribution in [3.8, 4) is 5.88 Å². The molecular formula is C16H26N4O. The van der Waals surface area contributed by atoms with Gasteiger partial charge in [0.05, 0.1) is 6.54 Å². The van der Waals surface area contributed by atoms with Gasteiger partial charge in [0.2, 0.25) is 5.88 Å². The number of aromatic nitrogens is 1. The molecule has 5 nitrogen and oxygen atoms in total. The van der Waals surface area contributed by atoms with Gasteiger partial charge in [-0.25, -0.2) is 9.98 Å². The molecule has 1 aliphatic carbocycles. The summed E-state index contributed by atoms with van der Waals surface area (Å²) in [6.07, 6.45) is 8.19. The largest absolute Gasteiger partial charge is 0.474 e. The van der Waals surface area contributed by atoms with Crippen LogP contribution in [0, 0.1) is 0 Å². The Morgan fingerprint density at radius 1 is 1.43 bits per heavy atom. The average molecular weight is 290 g/mol. The minimum Gasteiger partial charge on any atom is -0.474 e. The van der Waals surface area contributed by atoms with E-state index in [2.05, 4.69) is 15.3 Å². The third-order valence-corrected chi connectivity index (χ3v) is 3.51. The Kier molecular flexibility index (Phi) is 5.84. The maximum Gasteiger partial charge on any atom is 0.213 e. The summed E-state index contributed by atoms with van der Waals surface area (Å²) in [6.45, 7) is 4.60. The van der Waals surface area contributed by atoms with E-state index in [1.54, 1.807) is 6.20 Å². The lowest BCUT2D eigenvalue weighted by Gasteiger charge is -2.22. The Morgan fingerprint density at radius 3 is 2.90 bits per heavy atom. The molecule has 1 fully saturated rings. The standard InChI is InChI=1S/C16H26N4O/c1-12(2)20-16(17)19-11-13-8-9-18-15(10-13)21-14-6-4-3-5-7-14/h8-10,12,14H,3-7,11H2,1-2H3,(H3,17,19,20). The lowest BCUT2D eigenvalue weighted by Crippen LogP contribution is -2.36. The first-order valence-electron chi connectivity index (χ1n) is 7.81. The van der Waals surface area contributed by atoms with Crippen LogP contribution >= 0.6 is 0 Å². The van der Waals surface area contributed by atoms with Gasteiger partial charge in [0, 0.05) is 18.3 Å². The van der Waals surface area contributed by atoms with Gasteiger partial charge < -0.3 is 15.8 Å². The monoisotopic (exact) mass is 290 g/mol. The van der Waals surface area contributed by atoms with E-state index in [0.717, 1.165) is 18.4 Å². The van der Waals surface area contributed by atoms with Crippen LogP contribution in [0.1, 0.15) is 51.5 Å². The highest BCUT2D eigenvalue weighted by Gasteiger charge is 2.15. The number of hydrogen-bond acceptors (Lipinski definition) is 3. The smallest absolute Gasteiger partial charge is 0.213 e. The summed E-state index contributed by atoms with van der Waals surface area (Å²) in [6, 6.07) is 4.19. The number of ether oxygens (including phenoxy) is 1. The molecule has 0 aromatic carbocycles. The predicted octanol–water partition coefficient (Wildman–Crippen LogP) is 2.61. The first kappa shape index (κ1) is 15.6. The van der Waals surface area contributed by atoms with Crippen LogP contribution < -0.4 is 15.8 Å². The first-order valence-corrected chi connectivity index (χ1v) is 7.81. The van der Waals surface area contributed by atoms with Crippen LogP contribution in [0.3, 0.4) is 0 Å². The number of nitrogens with two attached hydrogens (primary N) is 1. The summed E-state index contributed by atoms with van der Waals surface area (Å²) in [5.74, 6) is 1.17. The number of rotatable bonds is 5. The van der Waals surface area contributed by atoms with E-state index in [1.807, 2.05) is 26.0 Å². The van der Waals surface area contributed by atoms with Crippen molar-refractivity contribution in [3.05, 3.63) is 23.9 Å². The van der Waals surface area contributed by atoms with Crippen LogP contribution in [0.25, 0.3) is 0 Å². The maximum atomic E-state index is 5.96. The van der Waals surface area contributed by atoms with Crippen LogP contribution in [0.2, 0.25) is 0 Å². The molecule has 0 radical (unpaired) electrons. The number of nitrogens with one attached hydrogen (secondary N) is 1. The Morgan fingerprint density at radius 2 is 2.19 bits per heavy atom. The van der Waals surface area contributed by atoms with Crippen LogP contribution in [0.15, 0.2) is 23.3 Å². The van der Waals surface area contributed by atoms with Gasteiger partial charge in [0.25, 0.3) is 0 Å². The zero-order chi connectivity index (χ0) is 15.1. The molecule has 116 valence electrons. The van der Waals surface area contributed by atoms with Gasteiger partial charge in [-0.2, -0.15) is 0 Å². The minimum absolute atomic E-state index is 0.288. The summed E-state index contributed by atoms with van der Waals surface area (Å²) in [7, 11) is 0. The number of hydrogen-bond donors (Lipinski definition) is 2. The zero-order valence-corrected chi connectivity index (χ0v) is 13.0. The van der Waals surface area contributed by atoms with E-state index in [1.165, 1.54) is 19.3 Å². The summed E-state index contributed by atoms with van der Waals surface area (Å²) >= 11 is 0. The predicted molar refractivity (Wildman–Crippen MR) is 85.3 cm³/mol. The summed E-state index contributed by atoms with van der Waals surface area (Å²) in [5.41, 5.74) is 6.86. The molecule has 2 rings (SSSR count). The lowest BCUT2D eigenvalue weighted by molar-refractivity contribution is 0.148. The third-order valence-electron chi connectivity index (χ3n) is 3.51. The quantitative estimate of drug-likeness (QED) is 0.646. The van der Waals surface area contributed by atoms with E-state index in [9.17, 15) is 0 Å². The van der Waals surface area contributed by atoms with Crippen LogP contribution in [-0.4, -0.2) is 23.1 Å². The Bertz CT molecular complexity index is 467. The molecule has 1 saturated carbocycles. The van der Waals surface area contributed by atoms with Crippen molar-refractivity contribution in [1.82, 2.24) is 10.3 Å². The second kappa shape index (κ2) is 7.86. The second-order valence-corrected chi connectivity index (χ2v) is 5.88. The van der Waals surface area contributed by atoms with Crippen molar-refractivity contribution in [3.63, 3.8) is 0 Å². The highest BCUT2D eigenvalue weighted by Crippen LogP contribution is 2.22. The Balaban J connectivity index is 1.91. The molecule has 0 amide bonds. The second-order valence-electron chi connectivity index (χ2n) is 5.88. The number of pyridine rings is 1. The zero-order valence-electron chi connectivity index (χ0n) is 13.0. The Labute approximate surface area is 127 Å². The number of aliphatic imine (C=N–C) groups is 1. The van der Waals surface area contributed by atoms with Crippen molar-refractivity contribution in [2.75, 3.05) is 0 Å². The van der Waals surface area contributed by atoms with Gasteiger partial charge in [0.1, 0.15) is 6.10 Å². The molecule has 21 heavy (non-hydrogen) atoms. The van der Waals surface area contributed by atoms with Gasteiger partial charge in [0.15, 0.2) is 5.96 Å². The average Bonchev–Trinajstić information content (AvgIpc) is 2.46. The van der Waals surface area contributed by atoms with E-state index < -0.39 is 0 Å². The first-order chi connectivity index (χ1) is 10.1. The molecule has 0 saturated heterocycles. The molecule has 3 N–H and O–H groups in total. The summed E-state index contributed by atoms with van der Waals surface area (Å²) in [4.78, 5) is 8.61. The van der Waals surface area contributed by atoms with Crippen molar-refractivity contribution >= 4 is 5.96 Å². The molecule has 1 aromatic heterocycles. The fourth-order valence-corrected chi connectivity index (χ4v) is 2.48. The van der Waals surface area contributed by atoms with Crippen LogP contribution in [-0.2, 0) is 6.54 Å². The van der Waals surface area contributed by atoms with E-state index in [0.29, 0.717) is 24.5 Å². The van der Waals surface area contributed by atoms with Crippen LogP contribution in [0.4, 0.5) is 0 Å². The van der Waals surface area contributed by atoms with E-state index in [4.69, 9.17) is 10.5 Å².